The zero-order valence-electron chi connectivity index (χ0n) is 12.9. The summed E-state index contributed by atoms with van der Waals surface area (Å²) in [5, 5.41) is 8.68. The minimum atomic E-state index is -0.762. The molecule has 0 radical (unpaired) electrons. The molecule has 0 bridgehead atoms. The zero-order chi connectivity index (χ0) is 15.3. The molecule has 0 saturated carbocycles. The highest BCUT2D eigenvalue weighted by molar-refractivity contribution is 5.77. The summed E-state index contributed by atoms with van der Waals surface area (Å²) in [6, 6.07) is -0.0967. The van der Waals surface area contributed by atoms with Crippen LogP contribution in [0.2, 0.25) is 0 Å². The van der Waals surface area contributed by atoms with Gasteiger partial charge >= 0.3 is 5.97 Å². The largest absolute Gasteiger partial charge is 0.481 e. The van der Waals surface area contributed by atoms with E-state index in [1.54, 1.807) is 0 Å². The van der Waals surface area contributed by atoms with E-state index in [4.69, 9.17) is 10.8 Å². The highest BCUT2D eigenvalue weighted by atomic mass is 16.4. The van der Waals surface area contributed by atoms with E-state index in [1.807, 2.05) is 4.90 Å². The smallest absolute Gasteiger partial charge is 0.303 e. The molecular formula is C15H28N2O3. The number of carbonyl (C=O) groups excluding carboxylic acids is 1. The summed E-state index contributed by atoms with van der Waals surface area (Å²) in [6.07, 6.45) is 2.98. The van der Waals surface area contributed by atoms with Crippen molar-refractivity contribution in [2.45, 2.75) is 58.9 Å². The number of aliphatic carboxylic acids is 1. The fourth-order valence-corrected chi connectivity index (χ4v) is 2.83. The van der Waals surface area contributed by atoms with E-state index in [1.165, 1.54) is 0 Å². The first kappa shape index (κ1) is 17.0. The molecule has 0 aromatic rings. The highest BCUT2D eigenvalue weighted by Gasteiger charge is 2.28. The number of hydrogen-bond acceptors (Lipinski definition) is 3. The summed E-state index contributed by atoms with van der Waals surface area (Å²) >= 11 is 0. The Morgan fingerprint density at radius 3 is 2.60 bits per heavy atom. The Morgan fingerprint density at radius 2 is 2.05 bits per heavy atom. The third kappa shape index (κ3) is 6.37. The van der Waals surface area contributed by atoms with Gasteiger partial charge in [0.05, 0.1) is 0 Å². The number of amides is 1. The third-order valence-electron chi connectivity index (χ3n) is 3.72. The summed E-state index contributed by atoms with van der Waals surface area (Å²) in [5.41, 5.74) is 6.17. The van der Waals surface area contributed by atoms with E-state index in [-0.39, 0.29) is 23.8 Å². The van der Waals surface area contributed by atoms with Crippen molar-refractivity contribution in [3.05, 3.63) is 0 Å². The molecule has 20 heavy (non-hydrogen) atoms. The predicted octanol–water partition coefficient (Wildman–Crippen LogP) is 1.85. The van der Waals surface area contributed by atoms with Gasteiger partial charge in [-0.2, -0.15) is 0 Å². The van der Waals surface area contributed by atoms with Crippen LogP contribution in [0.15, 0.2) is 0 Å². The van der Waals surface area contributed by atoms with Crippen molar-refractivity contribution in [3.63, 3.8) is 0 Å². The number of hydrogen-bond donors (Lipinski definition) is 2. The van der Waals surface area contributed by atoms with Gasteiger partial charge in [-0.25, -0.2) is 0 Å². The molecule has 3 N–H and O–H groups in total. The Kier molecular flexibility index (Phi) is 5.99. The maximum Gasteiger partial charge on any atom is 0.303 e. The first-order valence-electron chi connectivity index (χ1n) is 7.42. The Hall–Kier alpha value is -1.10. The van der Waals surface area contributed by atoms with Crippen LogP contribution in [0.3, 0.4) is 0 Å². The van der Waals surface area contributed by atoms with Crippen LogP contribution in [0.4, 0.5) is 0 Å². The molecule has 2 unspecified atom stereocenters. The average Bonchev–Trinajstić information content (AvgIpc) is 2.71. The summed E-state index contributed by atoms with van der Waals surface area (Å²) in [5.74, 6) is -0.324. The van der Waals surface area contributed by atoms with Crippen LogP contribution in [0.25, 0.3) is 0 Å². The van der Waals surface area contributed by atoms with E-state index in [0.29, 0.717) is 25.3 Å². The molecule has 116 valence electrons. The van der Waals surface area contributed by atoms with Crippen LogP contribution >= 0.6 is 0 Å². The molecule has 5 heteroatoms. The highest BCUT2D eigenvalue weighted by Crippen LogP contribution is 2.24. The van der Waals surface area contributed by atoms with Crippen molar-refractivity contribution >= 4 is 11.9 Å². The van der Waals surface area contributed by atoms with E-state index < -0.39 is 5.97 Å². The fourth-order valence-electron chi connectivity index (χ4n) is 2.83. The van der Waals surface area contributed by atoms with Crippen molar-refractivity contribution in [1.29, 1.82) is 0 Å². The van der Waals surface area contributed by atoms with Crippen molar-refractivity contribution in [2.75, 3.05) is 13.1 Å². The summed E-state index contributed by atoms with van der Waals surface area (Å²) < 4.78 is 0. The fraction of sp³-hybridized carbons (Fsp3) is 0.867. The predicted molar refractivity (Wildman–Crippen MR) is 78.2 cm³/mol. The molecule has 1 fully saturated rings. The minimum Gasteiger partial charge on any atom is -0.481 e. The van der Waals surface area contributed by atoms with Crippen LogP contribution in [0.1, 0.15) is 52.9 Å². The van der Waals surface area contributed by atoms with Gasteiger partial charge in [0.15, 0.2) is 0 Å². The number of rotatable bonds is 6. The van der Waals surface area contributed by atoms with Crippen LogP contribution in [-0.2, 0) is 9.59 Å². The SMILES string of the molecule is CC(C)(C)CC(N)CC(=O)N1CCC(CCC(=O)O)C1. The molecule has 1 amide bonds. The van der Waals surface area contributed by atoms with Gasteiger partial charge in [0.25, 0.3) is 0 Å². The van der Waals surface area contributed by atoms with Crippen molar-refractivity contribution < 1.29 is 14.7 Å². The molecule has 0 spiro atoms. The van der Waals surface area contributed by atoms with E-state index in [9.17, 15) is 9.59 Å². The van der Waals surface area contributed by atoms with Gasteiger partial charge in [0, 0.05) is 32.0 Å². The molecule has 0 aromatic heterocycles. The lowest BCUT2D eigenvalue weighted by atomic mass is 9.87. The zero-order valence-corrected chi connectivity index (χ0v) is 12.9. The van der Waals surface area contributed by atoms with E-state index >= 15 is 0 Å². The second kappa shape index (κ2) is 7.07. The van der Waals surface area contributed by atoms with Gasteiger partial charge in [-0.05, 0) is 30.6 Å². The summed E-state index contributed by atoms with van der Waals surface area (Å²) in [7, 11) is 0. The summed E-state index contributed by atoms with van der Waals surface area (Å²) in [4.78, 5) is 24.5. The Labute approximate surface area is 121 Å². The maximum absolute atomic E-state index is 12.2. The Balaban J connectivity index is 2.33. The molecule has 1 saturated heterocycles. The number of carbonyl (C=O) groups is 2. The number of carboxylic acid groups (broad SMARTS) is 1. The lowest BCUT2D eigenvalue weighted by Crippen LogP contribution is -2.36. The van der Waals surface area contributed by atoms with Crippen molar-refractivity contribution in [1.82, 2.24) is 4.90 Å². The monoisotopic (exact) mass is 284 g/mol. The van der Waals surface area contributed by atoms with Crippen LogP contribution < -0.4 is 5.73 Å². The molecule has 0 aromatic carbocycles. The van der Waals surface area contributed by atoms with E-state index in [2.05, 4.69) is 20.8 Å². The second-order valence-electron chi connectivity index (χ2n) is 7.16. The lowest BCUT2D eigenvalue weighted by Gasteiger charge is -2.24. The molecule has 1 aliphatic rings. The van der Waals surface area contributed by atoms with Gasteiger partial charge < -0.3 is 15.7 Å². The van der Waals surface area contributed by atoms with Gasteiger partial charge in [-0.3, -0.25) is 9.59 Å². The minimum absolute atomic E-state index is 0.0967. The topological polar surface area (TPSA) is 83.6 Å². The van der Waals surface area contributed by atoms with Crippen LogP contribution in [0.5, 0.6) is 0 Å². The Morgan fingerprint density at radius 1 is 1.40 bits per heavy atom. The molecule has 2 atom stereocenters. The maximum atomic E-state index is 12.2. The van der Waals surface area contributed by atoms with Crippen LogP contribution in [-0.4, -0.2) is 41.0 Å². The lowest BCUT2D eigenvalue weighted by molar-refractivity contribution is -0.137. The summed E-state index contributed by atoms with van der Waals surface area (Å²) in [6.45, 7) is 7.79. The molecular weight excluding hydrogens is 256 g/mol. The van der Waals surface area contributed by atoms with Crippen molar-refractivity contribution in [2.24, 2.45) is 17.1 Å². The standard InChI is InChI=1S/C15H28N2O3/c1-15(2,3)9-12(16)8-13(18)17-7-6-11(10-17)4-5-14(19)20/h11-12H,4-10,16H2,1-3H3,(H,19,20). The van der Waals surface area contributed by atoms with Gasteiger partial charge in [0.2, 0.25) is 5.91 Å². The molecule has 5 nitrogen and oxygen atoms in total. The number of likely N-dealkylation sites (tertiary alicyclic amines) is 1. The number of nitrogens with zero attached hydrogens (tertiary/aromatic N) is 1. The number of carboxylic acids is 1. The van der Waals surface area contributed by atoms with Crippen molar-refractivity contribution in [3.8, 4) is 0 Å². The molecule has 1 heterocycles. The molecule has 1 aliphatic heterocycles. The van der Waals surface area contributed by atoms with Gasteiger partial charge in [-0.1, -0.05) is 20.8 Å². The molecule has 0 aliphatic carbocycles. The second-order valence-corrected chi connectivity index (χ2v) is 7.16. The third-order valence-corrected chi connectivity index (χ3v) is 3.72. The quantitative estimate of drug-likeness (QED) is 0.779. The Bertz CT molecular complexity index is 350. The number of nitrogens with two attached hydrogens (primary N) is 1. The van der Waals surface area contributed by atoms with Gasteiger partial charge in [-0.15, -0.1) is 0 Å². The first-order chi connectivity index (χ1) is 9.17. The molecule has 1 rings (SSSR count). The first-order valence-corrected chi connectivity index (χ1v) is 7.42. The van der Waals surface area contributed by atoms with Crippen LogP contribution in [0, 0.1) is 11.3 Å². The van der Waals surface area contributed by atoms with Gasteiger partial charge in [0.1, 0.15) is 0 Å². The average molecular weight is 284 g/mol. The normalized spacial score (nSPS) is 21.0. The van der Waals surface area contributed by atoms with E-state index in [0.717, 1.165) is 19.4 Å².